The Kier molecular flexibility index (Phi) is 7.86. The van der Waals surface area contributed by atoms with Gasteiger partial charge in [0.05, 0.1) is 17.4 Å². The SMILES string of the molecule is CCCC(C)NC(=O)C1N(CCCCCCO)C(=O)[C@@H]2[C@@H](C(=O)NC)[C@@]3(CC)CCC12O3. The average molecular weight is 452 g/mol. The minimum absolute atomic E-state index is 0.0120. The Morgan fingerprint density at radius 2 is 1.91 bits per heavy atom. The topological polar surface area (TPSA) is 108 Å². The number of amides is 3. The van der Waals surface area contributed by atoms with Crippen LogP contribution in [0, 0.1) is 11.8 Å². The number of hydrogen-bond donors (Lipinski definition) is 3. The van der Waals surface area contributed by atoms with Crippen LogP contribution in [0.15, 0.2) is 0 Å². The molecule has 3 heterocycles. The largest absolute Gasteiger partial charge is 0.396 e. The van der Waals surface area contributed by atoms with E-state index in [1.165, 1.54) is 0 Å². The summed E-state index contributed by atoms with van der Waals surface area (Å²) in [6, 6.07) is -0.696. The normalized spacial score (nSPS) is 34.0. The Bertz CT molecular complexity index is 716. The zero-order valence-electron chi connectivity index (χ0n) is 20.1. The van der Waals surface area contributed by atoms with E-state index in [1.54, 1.807) is 11.9 Å². The van der Waals surface area contributed by atoms with Crippen molar-refractivity contribution in [2.45, 2.75) is 102 Å². The third-order valence-electron chi connectivity index (χ3n) is 7.88. The lowest BCUT2D eigenvalue weighted by Crippen LogP contribution is -2.56. The van der Waals surface area contributed by atoms with Gasteiger partial charge in [-0.2, -0.15) is 0 Å². The monoisotopic (exact) mass is 451 g/mol. The van der Waals surface area contributed by atoms with E-state index in [-0.39, 0.29) is 30.4 Å². The van der Waals surface area contributed by atoms with Crippen molar-refractivity contribution in [1.82, 2.24) is 15.5 Å². The molecule has 0 saturated carbocycles. The van der Waals surface area contributed by atoms with E-state index in [0.717, 1.165) is 38.5 Å². The van der Waals surface area contributed by atoms with Crippen molar-refractivity contribution >= 4 is 17.7 Å². The molecule has 2 bridgehead atoms. The summed E-state index contributed by atoms with van der Waals surface area (Å²) in [5, 5.41) is 14.9. The summed E-state index contributed by atoms with van der Waals surface area (Å²) in [7, 11) is 1.60. The van der Waals surface area contributed by atoms with Crippen LogP contribution < -0.4 is 10.6 Å². The minimum atomic E-state index is -0.939. The molecule has 3 aliphatic rings. The summed E-state index contributed by atoms with van der Waals surface area (Å²) < 4.78 is 6.66. The molecule has 3 unspecified atom stereocenters. The molecule has 6 atom stereocenters. The van der Waals surface area contributed by atoms with Gasteiger partial charge in [-0.3, -0.25) is 14.4 Å². The van der Waals surface area contributed by atoms with Crippen LogP contribution in [0.5, 0.6) is 0 Å². The average Bonchev–Trinajstić information content (AvgIpc) is 3.37. The van der Waals surface area contributed by atoms with E-state index >= 15 is 0 Å². The van der Waals surface area contributed by atoms with E-state index in [2.05, 4.69) is 17.6 Å². The number of fused-ring (bicyclic) bond motifs is 1. The van der Waals surface area contributed by atoms with E-state index < -0.39 is 29.1 Å². The molecule has 8 heteroatoms. The van der Waals surface area contributed by atoms with E-state index in [9.17, 15) is 14.4 Å². The summed E-state index contributed by atoms with van der Waals surface area (Å²) >= 11 is 0. The molecule has 3 N–H and O–H groups in total. The van der Waals surface area contributed by atoms with E-state index in [0.29, 0.717) is 25.8 Å². The number of ether oxygens (including phenoxy) is 1. The number of likely N-dealkylation sites (tertiary alicyclic amines) is 1. The first-order valence-corrected chi connectivity index (χ1v) is 12.4. The maximum Gasteiger partial charge on any atom is 0.246 e. The predicted octanol–water partition coefficient (Wildman–Crippen LogP) is 1.74. The fraction of sp³-hybridized carbons (Fsp3) is 0.875. The molecule has 0 aromatic carbocycles. The number of carbonyl (C=O) groups is 3. The number of nitrogens with zero attached hydrogens (tertiary/aromatic N) is 1. The number of hydrogen-bond acceptors (Lipinski definition) is 5. The van der Waals surface area contributed by atoms with Crippen LogP contribution in [-0.2, 0) is 19.1 Å². The first-order valence-electron chi connectivity index (χ1n) is 12.4. The molecule has 0 aromatic heterocycles. The minimum Gasteiger partial charge on any atom is -0.396 e. The highest BCUT2D eigenvalue weighted by atomic mass is 16.5. The second kappa shape index (κ2) is 10.1. The van der Waals surface area contributed by atoms with Crippen LogP contribution >= 0.6 is 0 Å². The molecule has 0 aromatic rings. The zero-order chi connectivity index (χ0) is 23.5. The molecule has 0 radical (unpaired) electrons. The summed E-state index contributed by atoms with van der Waals surface area (Å²) in [6.45, 7) is 6.69. The first-order chi connectivity index (χ1) is 15.3. The molecular weight excluding hydrogens is 410 g/mol. The van der Waals surface area contributed by atoms with Crippen molar-refractivity contribution < 1.29 is 24.2 Å². The van der Waals surface area contributed by atoms with Crippen molar-refractivity contribution in [2.75, 3.05) is 20.2 Å². The Morgan fingerprint density at radius 3 is 2.53 bits per heavy atom. The second-order valence-electron chi connectivity index (χ2n) is 9.82. The molecule has 3 saturated heterocycles. The van der Waals surface area contributed by atoms with Gasteiger partial charge in [0.2, 0.25) is 17.7 Å². The van der Waals surface area contributed by atoms with E-state index in [1.807, 2.05) is 13.8 Å². The summed E-state index contributed by atoms with van der Waals surface area (Å²) in [6.07, 6.45) is 7.02. The number of rotatable bonds is 12. The van der Waals surface area contributed by atoms with Gasteiger partial charge in [-0.1, -0.05) is 33.1 Å². The van der Waals surface area contributed by atoms with E-state index in [4.69, 9.17) is 9.84 Å². The molecule has 3 aliphatic heterocycles. The molecule has 1 spiro atoms. The van der Waals surface area contributed by atoms with Crippen LogP contribution in [0.3, 0.4) is 0 Å². The number of aliphatic hydroxyl groups is 1. The summed E-state index contributed by atoms with van der Waals surface area (Å²) in [4.78, 5) is 42.0. The molecule has 0 aliphatic carbocycles. The maximum atomic E-state index is 13.8. The summed E-state index contributed by atoms with van der Waals surface area (Å²) in [5.41, 5.74) is -1.62. The van der Waals surface area contributed by atoms with Crippen LogP contribution in [0.2, 0.25) is 0 Å². The molecule has 182 valence electrons. The number of nitrogens with one attached hydrogen (secondary N) is 2. The van der Waals surface area contributed by atoms with Gasteiger partial charge in [0.15, 0.2) is 0 Å². The van der Waals surface area contributed by atoms with Crippen LogP contribution in [0.1, 0.15) is 78.6 Å². The van der Waals surface area contributed by atoms with Gasteiger partial charge in [0, 0.05) is 26.2 Å². The smallest absolute Gasteiger partial charge is 0.246 e. The van der Waals surface area contributed by atoms with Gasteiger partial charge < -0.3 is 25.4 Å². The molecule has 3 rings (SSSR count). The van der Waals surface area contributed by atoms with Crippen molar-refractivity contribution in [3.63, 3.8) is 0 Å². The van der Waals surface area contributed by atoms with Gasteiger partial charge >= 0.3 is 0 Å². The number of carbonyl (C=O) groups excluding carboxylic acids is 3. The van der Waals surface area contributed by atoms with Gasteiger partial charge in [0.1, 0.15) is 11.6 Å². The molecule has 3 fully saturated rings. The highest BCUT2D eigenvalue weighted by molar-refractivity contribution is 5.99. The van der Waals surface area contributed by atoms with Gasteiger partial charge in [-0.15, -0.1) is 0 Å². The van der Waals surface area contributed by atoms with Crippen molar-refractivity contribution in [2.24, 2.45) is 11.8 Å². The van der Waals surface area contributed by atoms with Crippen LogP contribution in [0.4, 0.5) is 0 Å². The number of unbranched alkanes of at least 4 members (excludes halogenated alkanes) is 3. The quantitative estimate of drug-likeness (QED) is 0.392. The standard InChI is InChI=1S/C24H41N3O5/c1-5-11-16(3)26-21(30)19-24-13-12-23(6-2,32-24)17(20(29)25-4)18(24)22(31)27(19)14-9-7-8-10-15-28/h16-19,28H,5-15H2,1-4H3,(H,25,29)(H,26,30)/t16?,17-,18-,19?,23+,24?/m0/s1. The molecule has 3 amide bonds. The Hall–Kier alpha value is -1.67. The van der Waals surface area contributed by atoms with Gasteiger partial charge in [-0.25, -0.2) is 0 Å². The lowest BCUT2D eigenvalue weighted by Gasteiger charge is -2.34. The second-order valence-corrected chi connectivity index (χ2v) is 9.82. The lowest BCUT2D eigenvalue weighted by atomic mass is 9.65. The number of aliphatic hydroxyl groups excluding tert-OH is 1. The summed E-state index contributed by atoms with van der Waals surface area (Å²) in [5.74, 6) is -1.65. The molecular formula is C24H41N3O5. The highest BCUT2D eigenvalue weighted by Crippen LogP contribution is 2.64. The highest BCUT2D eigenvalue weighted by Gasteiger charge is 2.78. The van der Waals surface area contributed by atoms with Gasteiger partial charge in [0.25, 0.3) is 0 Å². The predicted molar refractivity (Wildman–Crippen MR) is 121 cm³/mol. The Balaban J connectivity index is 1.92. The Labute approximate surface area is 191 Å². The van der Waals surface area contributed by atoms with Gasteiger partial charge in [-0.05, 0) is 45.4 Å². The fourth-order valence-corrected chi connectivity index (χ4v) is 6.39. The molecule has 32 heavy (non-hydrogen) atoms. The fourth-order valence-electron chi connectivity index (χ4n) is 6.39. The lowest BCUT2D eigenvalue weighted by molar-refractivity contribution is -0.147. The van der Waals surface area contributed by atoms with Crippen molar-refractivity contribution in [3.05, 3.63) is 0 Å². The van der Waals surface area contributed by atoms with Crippen LogP contribution in [-0.4, -0.2) is 71.2 Å². The third-order valence-corrected chi connectivity index (χ3v) is 7.88. The van der Waals surface area contributed by atoms with Crippen molar-refractivity contribution in [1.29, 1.82) is 0 Å². The van der Waals surface area contributed by atoms with Crippen molar-refractivity contribution in [3.8, 4) is 0 Å². The third kappa shape index (κ3) is 4.04. The maximum absolute atomic E-state index is 13.8. The Morgan fingerprint density at radius 1 is 1.19 bits per heavy atom. The molecule has 8 nitrogen and oxygen atoms in total. The first kappa shape index (κ1) is 25.0. The van der Waals surface area contributed by atoms with Crippen LogP contribution in [0.25, 0.3) is 0 Å². The zero-order valence-corrected chi connectivity index (χ0v) is 20.1.